The summed E-state index contributed by atoms with van der Waals surface area (Å²) < 4.78 is 0. The molecule has 1 saturated carbocycles. The lowest BCUT2D eigenvalue weighted by molar-refractivity contribution is -0.141. The second kappa shape index (κ2) is 5.29. The van der Waals surface area contributed by atoms with E-state index >= 15 is 0 Å². The molecule has 1 aliphatic carbocycles. The fourth-order valence-corrected chi connectivity index (χ4v) is 3.47. The van der Waals surface area contributed by atoms with E-state index < -0.39 is 5.97 Å². The van der Waals surface area contributed by atoms with Crippen molar-refractivity contribution in [3.05, 3.63) is 0 Å². The molecule has 2 aliphatic rings. The minimum atomic E-state index is -0.743. The minimum absolute atomic E-state index is 0.0505. The summed E-state index contributed by atoms with van der Waals surface area (Å²) in [5.74, 6) is -0.317. The Kier molecular flexibility index (Phi) is 3.93. The Balaban J connectivity index is 1.97. The zero-order chi connectivity index (χ0) is 13.3. The monoisotopic (exact) mass is 253 g/mol. The maximum absolute atomic E-state index is 12.5. The number of hydrogen-bond acceptors (Lipinski definition) is 2. The molecular formula is C14H23NO3. The van der Waals surface area contributed by atoms with E-state index in [4.69, 9.17) is 5.11 Å². The van der Waals surface area contributed by atoms with Crippen molar-refractivity contribution in [3.63, 3.8) is 0 Å². The van der Waals surface area contributed by atoms with Gasteiger partial charge < -0.3 is 10.0 Å². The van der Waals surface area contributed by atoms with E-state index in [0.717, 1.165) is 25.8 Å². The average Bonchev–Trinajstić information content (AvgIpc) is 2.94. The van der Waals surface area contributed by atoms with Crippen molar-refractivity contribution in [3.8, 4) is 0 Å². The fourth-order valence-electron chi connectivity index (χ4n) is 3.47. The maximum Gasteiger partial charge on any atom is 0.306 e. The van der Waals surface area contributed by atoms with Gasteiger partial charge in [-0.05, 0) is 38.0 Å². The standard InChI is InChI=1S/C14H23NO3/c1-3-12-6-9(2)8-15(12)13(16)10-4-5-11(7-10)14(17)18/h9-12H,3-8H2,1-2H3,(H,17,18)/t9?,10-,11+,12?/m1/s1. The Morgan fingerprint density at radius 3 is 2.44 bits per heavy atom. The number of carbonyl (C=O) groups is 2. The van der Waals surface area contributed by atoms with Gasteiger partial charge in [0.05, 0.1) is 5.92 Å². The quantitative estimate of drug-likeness (QED) is 0.838. The van der Waals surface area contributed by atoms with Gasteiger partial charge in [0.2, 0.25) is 5.91 Å². The summed E-state index contributed by atoms with van der Waals surface area (Å²) in [6.07, 6.45) is 4.04. The van der Waals surface area contributed by atoms with Crippen molar-refractivity contribution in [2.75, 3.05) is 6.54 Å². The van der Waals surface area contributed by atoms with Gasteiger partial charge in [-0.15, -0.1) is 0 Å². The molecule has 1 saturated heterocycles. The molecule has 2 fully saturated rings. The first-order valence-corrected chi connectivity index (χ1v) is 7.06. The molecule has 0 radical (unpaired) electrons. The van der Waals surface area contributed by atoms with E-state index in [-0.39, 0.29) is 17.7 Å². The van der Waals surface area contributed by atoms with Gasteiger partial charge in [-0.3, -0.25) is 9.59 Å². The van der Waals surface area contributed by atoms with Crippen molar-refractivity contribution in [2.45, 2.75) is 52.0 Å². The van der Waals surface area contributed by atoms with E-state index in [1.54, 1.807) is 0 Å². The summed E-state index contributed by atoms with van der Waals surface area (Å²) in [5.41, 5.74) is 0. The molecule has 0 spiro atoms. The number of nitrogens with zero attached hydrogens (tertiary/aromatic N) is 1. The lowest BCUT2D eigenvalue weighted by Crippen LogP contribution is -2.39. The predicted molar refractivity (Wildman–Crippen MR) is 68.0 cm³/mol. The van der Waals surface area contributed by atoms with Crippen LogP contribution >= 0.6 is 0 Å². The average molecular weight is 253 g/mol. The number of amides is 1. The largest absolute Gasteiger partial charge is 0.481 e. The van der Waals surface area contributed by atoms with Crippen LogP contribution in [0.5, 0.6) is 0 Å². The topological polar surface area (TPSA) is 57.6 Å². The molecular weight excluding hydrogens is 230 g/mol. The van der Waals surface area contributed by atoms with Crippen LogP contribution in [0.15, 0.2) is 0 Å². The molecule has 0 aromatic carbocycles. The van der Waals surface area contributed by atoms with E-state index in [9.17, 15) is 9.59 Å². The first kappa shape index (κ1) is 13.4. The van der Waals surface area contributed by atoms with Gasteiger partial charge in [0.1, 0.15) is 0 Å². The Morgan fingerprint density at radius 2 is 1.89 bits per heavy atom. The van der Waals surface area contributed by atoms with E-state index in [1.165, 1.54) is 0 Å². The molecule has 4 nitrogen and oxygen atoms in total. The van der Waals surface area contributed by atoms with Crippen molar-refractivity contribution >= 4 is 11.9 Å². The number of rotatable bonds is 3. The molecule has 4 heteroatoms. The van der Waals surface area contributed by atoms with Gasteiger partial charge in [0, 0.05) is 18.5 Å². The van der Waals surface area contributed by atoms with Gasteiger partial charge in [0.25, 0.3) is 0 Å². The van der Waals surface area contributed by atoms with E-state index in [2.05, 4.69) is 13.8 Å². The summed E-state index contributed by atoms with van der Waals surface area (Å²) in [6, 6.07) is 0.372. The van der Waals surface area contributed by atoms with Crippen LogP contribution in [0.3, 0.4) is 0 Å². The summed E-state index contributed by atoms with van der Waals surface area (Å²) in [6.45, 7) is 5.16. The van der Waals surface area contributed by atoms with E-state index in [1.807, 2.05) is 4.90 Å². The highest BCUT2D eigenvalue weighted by Crippen LogP contribution is 2.35. The van der Waals surface area contributed by atoms with Crippen LogP contribution in [0.4, 0.5) is 0 Å². The second-order valence-corrected chi connectivity index (χ2v) is 5.94. The summed E-state index contributed by atoms with van der Waals surface area (Å²) in [4.78, 5) is 25.4. The molecule has 2 unspecified atom stereocenters. The third kappa shape index (κ3) is 2.52. The first-order chi connectivity index (χ1) is 8.52. The molecule has 2 rings (SSSR count). The van der Waals surface area contributed by atoms with Crippen molar-refractivity contribution < 1.29 is 14.7 Å². The molecule has 1 amide bonds. The molecule has 1 heterocycles. The van der Waals surface area contributed by atoms with Crippen LogP contribution in [0.2, 0.25) is 0 Å². The van der Waals surface area contributed by atoms with Gasteiger partial charge in [0.15, 0.2) is 0 Å². The number of likely N-dealkylation sites (tertiary alicyclic amines) is 1. The highest BCUT2D eigenvalue weighted by atomic mass is 16.4. The predicted octanol–water partition coefficient (Wildman–Crippen LogP) is 2.13. The fraction of sp³-hybridized carbons (Fsp3) is 0.857. The number of aliphatic carboxylic acids is 1. The summed E-state index contributed by atoms with van der Waals surface area (Å²) in [5, 5.41) is 8.99. The summed E-state index contributed by atoms with van der Waals surface area (Å²) in [7, 11) is 0. The third-order valence-corrected chi connectivity index (χ3v) is 4.51. The Morgan fingerprint density at radius 1 is 1.22 bits per heavy atom. The van der Waals surface area contributed by atoms with Crippen LogP contribution < -0.4 is 0 Å². The zero-order valence-electron chi connectivity index (χ0n) is 11.3. The number of carbonyl (C=O) groups excluding carboxylic acids is 1. The molecule has 18 heavy (non-hydrogen) atoms. The molecule has 0 bridgehead atoms. The Hall–Kier alpha value is -1.06. The second-order valence-electron chi connectivity index (χ2n) is 5.94. The highest BCUT2D eigenvalue weighted by molar-refractivity contribution is 5.81. The van der Waals surface area contributed by atoms with Crippen LogP contribution in [0.25, 0.3) is 0 Å². The lowest BCUT2D eigenvalue weighted by Gasteiger charge is -2.26. The first-order valence-electron chi connectivity index (χ1n) is 7.06. The van der Waals surface area contributed by atoms with Gasteiger partial charge in [-0.1, -0.05) is 13.8 Å². The molecule has 0 aromatic heterocycles. The lowest BCUT2D eigenvalue weighted by atomic mass is 10.0. The van der Waals surface area contributed by atoms with Gasteiger partial charge >= 0.3 is 5.97 Å². The van der Waals surface area contributed by atoms with E-state index in [0.29, 0.717) is 24.8 Å². The van der Waals surface area contributed by atoms with Crippen molar-refractivity contribution in [1.82, 2.24) is 4.90 Å². The SMILES string of the molecule is CCC1CC(C)CN1C(=O)[C@@H]1CC[C@H](C(=O)O)C1. The number of carboxylic acids is 1. The molecule has 102 valence electrons. The zero-order valence-corrected chi connectivity index (χ0v) is 11.3. The molecule has 4 atom stereocenters. The van der Waals surface area contributed by atoms with Crippen LogP contribution in [0.1, 0.15) is 46.0 Å². The van der Waals surface area contributed by atoms with Crippen LogP contribution in [-0.2, 0) is 9.59 Å². The molecule has 1 aliphatic heterocycles. The van der Waals surface area contributed by atoms with Crippen molar-refractivity contribution in [1.29, 1.82) is 0 Å². The van der Waals surface area contributed by atoms with Crippen molar-refractivity contribution in [2.24, 2.45) is 17.8 Å². The smallest absolute Gasteiger partial charge is 0.306 e. The Labute approximate surface area is 108 Å². The maximum atomic E-state index is 12.5. The molecule has 0 aromatic rings. The van der Waals surface area contributed by atoms with Gasteiger partial charge in [-0.2, -0.15) is 0 Å². The van der Waals surface area contributed by atoms with Crippen LogP contribution in [0, 0.1) is 17.8 Å². The van der Waals surface area contributed by atoms with Crippen LogP contribution in [-0.4, -0.2) is 34.5 Å². The Bertz CT molecular complexity index is 342. The number of hydrogen-bond donors (Lipinski definition) is 1. The minimum Gasteiger partial charge on any atom is -0.481 e. The van der Waals surface area contributed by atoms with Gasteiger partial charge in [-0.25, -0.2) is 0 Å². The molecule has 1 N–H and O–H groups in total. The highest BCUT2D eigenvalue weighted by Gasteiger charge is 2.39. The third-order valence-electron chi connectivity index (χ3n) is 4.51. The normalized spacial score (nSPS) is 36.0. The summed E-state index contributed by atoms with van der Waals surface area (Å²) >= 11 is 0. The number of carboxylic acid groups (broad SMARTS) is 1.